The largest absolute Gasteiger partial charge is 0.352 e. The Kier molecular flexibility index (Phi) is 7.03. The van der Waals surface area contributed by atoms with Gasteiger partial charge in [0.1, 0.15) is 12.6 Å². The van der Waals surface area contributed by atoms with Crippen LogP contribution < -0.4 is 16.0 Å². The molecular formula is C20H33N4O2+. The van der Waals surface area contributed by atoms with Crippen LogP contribution in [0.5, 0.6) is 0 Å². The minimum Gasteiger partial charge on any atom is -0.352 e. The molecule has 1 aliphatic rings. The Balaban J connectivity index is 1.87. The van der Waals surface area contributed by atoms with E-state index >= 15 is 0 Å². The van der Waals surface area contributed by atoms with Crippen LogP contribution >= 0.6 is 0 Å². The number of hydrogen-bond acceptors (Lipinski definition) is 2. The predicted octanol–water partition coefficient (Wildman–Crippen LogP) is 0.730. The summed E-state index contributed by atoms with van der Waals surface area (Å²) in [5.74, 6) is 0.535. The van der Waals surface area contributed by atoms with E-state index in [0.29, 0.717) is 19.0 Å². The second-order valence-electron chi connectivity index (χ2n) is 7.88. The minimum absolute atomic E-state index is 0.0137. The number of nitrogens with two attached hydrogens (primary N) is 1. The molecule has 26 heavy (non-hydrogen) atoms. The van der Waals surface area contributed by atoms with Gasteiger partial charge in [-0.25, -0.2) is 4.79 Å². The van der Waals surface area contributed by atoms with Gasteiger partial charge in [0.2, 0.25) is 5.91 Å². The Morgan fingerprint density at radius 3 is 2.15 bits per heavy atom. The van der Waals surface area contributed by atoms with E-state index in [2.05, 4.69) is 43.4 Å². The number of rotatable bonds is 6. The first-order valence-corrected chi connectivity index (χ1v) is 9.55. The van der Waals surface area contributed by atoms with E-state index in [1.165, 1.54) is 16.0 Å². The van der Waals surface area contributed by atoms with Gasteiger partial charge in [-0.15, -0.1) is 0 Å². The van der Waals surface area contributed by atoms with Crippen molar-refractivity contribution in [2.45, 2.75) is 46.2 Å². The normalized spacial score (nSPS) is 16.8. The third kappa shape index (κ3) is 5.46. The van der Waals surface area contributed by atoms with Crippen molar-refractivity contribution < 1.29 is 14.5 Å². The van der Waals surface area contributed by atoms with Gasteiger partial charge in [-0.1, -0.05) is 52.0 Å². The van der Waals surface area contributed by atoms with Crippen LogP contribution in [0.25, 0.3) is 0 Å². The molecular weight excluding hydrogens is 328 g/mol. The van der Waals surface area contributed by atoms with E-state index in [-0.39, 0.29) is 11.8 Å². The van der Waals surface area contributed by atoms with Crippen LogP contribution in [0.1, 0.15) is 44.7 Å². The molecule has 0 saturated carbocycles. The topological polar surface area (TPSA) is 79.9 Å². The first kappa shape index (κ1) is 20.2. The van der Waals surface area contributed by atoms with Crippen molar-refractivity contribution in [2.75, 3.05) is 26.2 Å². The summed E-state index contributed by atoms with van der Waals surface area (Å²) in [7, 11) is 0. The van der Waals surface area contributed by atoms with Crippen LogP contribution in [-0.2, 0) is 11.3 Å². The predicted molar refractivity (Wildman–Crippen MR) is 103 cm³/mol. The summed E-state index contributed by atoms with van der Waals surface area (Å²) in [6, 6.07) is 7.66. The monoisotopic (exact) mass is 361 g/mol. The van der Waals surface area contributed by atoms with Crippen LogP contribution in [0.15, 0.2) is 24.3 Å². The van der Waals surface area contributed by atoms with Crippen molar-refractivity contribution in [1.82, 2.24) is 10.2 Å². The fourth-order valence-corrected chi connectivity index (χ4v) is 3.39. The van der Waals surface area contributed by atoms with Crippen molar-refractivity contribution in [3.05, 3.63) is 35.4 Å². The SMILES string of the molecule is CC(C)c1ccc(C[NH+]2CCN(C(=O)[C@@H](NC(N)=O)C(C)C)CC2)cc1. The molecule has 4 N–H and O–H groups in total. The summed E-state index contributed by atoms with van der Waals surface area (Å²) in [5.41, 5.74) is 7.91. The summed E-state index contributed by atoms with van der Waals surface area (Å²) in [5, 5.41) is 2.58. The molecule has 0 spiro atoms. The summed E-state index contributed by atoms with van der Waals surface area (Å²) in [6.45, 7) is 12.5. The van der Waals surface area contributed by atoms with E-state index in [0.717, 1.165) is 19.6 Å². The Hall–Kier alpha value is -2.08. The maximum Gasteiger partial charge on any atom is 0.312 e. The van der Waals surface area contributed by atoms with Crippen LogP contribution in [0.2, 0.25) is 0 Å². The van der Waals surface area contributed by atoms with Gasteiger partial charge < -0.3 is 20.9 Å². The average molecular weight is 362 g/mol. The average Bonchev–Trinajstić information content (AvgIpc) is 2.60. The Morgan fingerprint density at radius 2 is 1.69 bits per heavy atom. The number of nitrogens with zero attached hydrogens (tertiary/aromatic N) is 1. The van der Waals surface area contributed by atoms with Crippen LogP contribution in [0, 0.1) is 5.92 Å². The Morgan fingerprint density at radius 1 is 1.12 bits per heavy atom. The number of benzene rings is 1. The van der Waals surface area contributed by atoms with Gasteiger partial charge in [0.15, 0.2) is 0 Å². The third-order valence-electron chi connectivity index (χ3n) is 5.11. The Bertz CT molecular complexity index is 605. The number of carbonyl (C=O) groups excluding carboxylic acids is 2. The lowest BCUT2D eigenvalue weighted by molar-refractivity contribution is -0.917. The number of piperazine rings is 1. The number of quaternary nitrogens is 1. The van der Waals surface area contributed by atoms with E-state index in [1.54, 1.807) is 0 Å². The maximum atomic E-state index is 12.7. The van der Waals surface area contributed by atoms with Gasteiger partial charge in [0.25, 0.3) is 0 Å². The van der Waals surface area contributed by atoms with Gasteiger partial charge in [0.05, 0.1) is 26.2 Å². The molecule has 0 aromatic heterocycles. The zero-order chi connectivity index (χ0) is 19.3. The summed E-state index contributed by atoms with van der Waals surface area (Å²) < 4.78 is 0. The summed E-state index contributed by atoms with van der Waals surface area (Å²) in [4.78, 5) is 27.2. The van der Waals surface area contributed by atoms with Gasteiger partial charge >= 0.3 is 6.03 Å². The second-order valence-corrected chi connectivity index (χ2v) is 7.88. The molecule has 6 nitrogen and oxygen atoms in total. The van der Waals surface area contributed by atoms with Crippen molar-refractivity contribution in [3.63, 3.8) is 0 Å². The third-order valence-corrected chi connectivity index (χ3v) is 5.11. The quantitative estimate of drug-likeness (QED) is 0.698. The number of primary amides is 1. The standard InChI is InChI=1S/C20H32N4O2/c1-14(2)17-7-5-16(6-8-17)13-23-9-11-24(12-10-23)19(25)18(15(3)4)22-20(21)26/h5-8,14-15,18H,9-13H2,1-4H3,(H3,21,22,26)/p+1/t18-/m0/s1. The lowest BCUT2D eigenvalue weighted by atomic mass is 10.0. The van der Waals surface area contributed by atoms with Crippen molar-refractivity contribution in [2.24, 2.45) is 11.7 Å². The molecule has 0 bridgehead atoms. The van der Waals surface area contributed by atoms with E-state index in [1.807, 2.05) is 18.7 Å². The Labute approximate surface area is 156 Å². The molecule has 0 unspecified atom stereocenters. The highest BCUT2D eigenvalue weighted by molar-refractivity contribution is 5.86. The lowest BCUT2D eigenvalue weighted by Crippen LogP contribution is -3.13. The number of carbonyl (C=O) groups is 2. The molecule has 1 fully saturated rings. The summed E-state index contributed by atoms with van der Waals surface area (Å²) in [6.07, 6.45) is 0. The molecule has 1 aliphatic heterocycles. The molecule has 1 aromatic rings. The zero-order valence-electron chi connectivity index (χ0n) is 16.4. The summed E-state index contributed by atoms with van der Waals surface area (Å²) >= 11 is 0. The molecule has 3 amide bonds. The molecule has 2 rings (SSSR count). The molecule has 1 aromatic carbocycles. The van der Waals surface area contributed by atoms with E-state index < -0.39 is 12.1 Å². The number of amides is 3. The maximum absolute atomic E-state index is 12.7. The highest BCUT2D eigenvalue weighted by Crippen LogP contribution is 2.14. The van der Waals surface area contributed by atoms with E-state index in [9.17, 15) is 9.59 Å². The molecule has 0 aliphatic carbocycles. The lowest BCUT2D eigenvalue weighted by Gasteiger charge is -2.35. The molecule has 0 radical (unpaired) electrons. The van der Waals surface area contributed by atoms with Crippen LogP contribution in [-0.4, -0.2) is 49.1 Å². The molecule has 1 atom stereocenters. The number of urea groups is 1. The van der Waals surface area contributed by atoms with Crippen molar-refractivity contribution in [3.8, 4) is 0 Å². The van der Waals surface area contributed by atoms with Crippen LogP contribution in [0.4, 0.5) is 4.79 Å². The fraction of sp³-hybridized carbons (Fsp3) is 0.600. The van der Waals surface area contributed by atoms with Gasteiger partial charge in [-0.2, -0.15) is 0 Å². The number of nitrogens with one attached hydrogen (secondary N) is 2. The molecule has 1 saturated heterocycles. The van der Waals surface area contributed by atoms with Gasteiger partial charge in [0, 0.05) is 5.56 Å². The van der Waals surface area contributed by atoms with E-state index in [4.69, 9.17) is 5.73 Å². The fourth-order valence-electron chi connectivity index (χ4n) is 3.39. The molecule has 6 heteroatoms. The van der Waals surface area contributed by atoms with Crippen LogP contribution in [0.3, 0.4) is 0 Å². The molecule has 1 heterocycles. The van der Waals surface area contributed by atoms with Crippen molar-refractivity contribution >= 4 is 11.9 Å². The first-order chi connectivity index (χ1) is 12.3. The van der Waals surface area contributed by atoms with Crippen molar-refractivity contribution in [1.29, 1.82) is 0 Å². The minimum atomic E-state index is -0.647. The van der Waals surface area contributed by atoms with Gasteiger partial charge in [-0.05, 0) is 17.4 Å². The number of hydrogen-bond donors (Lipinski definition) is 3. The smallest absolute Gasteiger partial charge is 0.312 e. The van der Waals surface area contributed by atoms with Gasteiger partial charge in [-0.3, -0.25) is 4.79 Å². The second kappa shape index (κ2) is 9.03. The highest BCUT2D eigenvalue weighted by Gasteiger charge is 2.31. The zero-order valence-corrected chi connectivity index (χ0v) is 16.4. The first-order valence-electron chi connectivity index (χ1n) is 9.55. The highest BCUT2D eigenvalue weighted by atomic mass is 16.2. The molecule has 144 valence electrons.